The Morgan fingerprint density at radius 3 is 2.75 bits per heavy atom. The molecule has 0 nitrogen and oxygen atoms in total. The fraction of sp³-hybridized carbons (Fsp3) is 0.500. The Balaban J connectivity index is 2.20. The van der Waals surface area contributed by atoms with Crippen LogP contribution < -0.4 is 0 Å². The van der Waals surface area contributed by atoms with Gasteiger partial charge in [0.25, 0.3) is 0 Å². The van der Waals surface area contributed by atoms with Gasteiger partial charge in [0.1, 0.15) is 0 Å². The number of hydrogen-bond acceptors (Lipinski definition) is 1. The zero-order valence-corrected chi connectivity index (χ0v) is 10.3. The van der Waals surface area contributed by atoms with Crippen molar-refractivity contribution in [1.82, 2.24) is 0 Å². The predicted octanol–water partition coefficient (Wildman–Crippen LogP) is 4.23. The molecule has 1 aromatic rings. The smallest absolute Gasteiger partial charge is 0.149 e. The zero-order chi connectivity index (χ0) is 9.03. The molecule has 0 saturated carbocycles. The van der Waals surface area contributed by atoms with Crippen LogP contribution in [0.15, 0.2) is 17.5 Å². The van der Waals surface area contributed by atoms with E-state index in [1.165, 1.54) is 4.88 Å². The fourth-order valence-electron chi connectivity index (χ4n) is 1.03. The van der Waals surface area contributed by atoms with Gasteiger partial charge in [-0.15, -0.1) is 33.5 Å². The third kappa shape index (κ3) is 4.50. The Kier molecular flexibility index (Phi) is 4.10. The Bertz CT molecular complexity index is 215. The monoisotopic (exact) mass is 238 g/mol. The molecule has 0 aliphatic heterocycles. The number of rotatable bonds is 4. The number of thiophene rings is 1. The molecule has 0 radical (unpaired) electrons. The standard InChI is InChI=1S/C8H12Cl2SSi/c1-12(9,10)7-3-5-8-4-2-6-11-8/h2,4,6H,3,5,7H2,1H3. The molecule has 0 N–H and O–H groups in total. The summed E-state index contributed by atoms with van der Waals surface area (Å²) < 4.78 is 0. The lowest BCUT2D eigenvalue weighted by atomic mass is 10.3. The summed E-state index contributed by atoms with van der Waals surface area (Å²) in [6.07, 6.45) is 2.25. The van der Waals surface area contributed by atoms with Crippen LogP contribution in [0.5, 0.6) is 0 Å². The summed E-state index contributed by atoms with van der Waals surface area (Å²) >= 11 is 13.8. The van der Waals surface area contributed by atoms with Gasteiger partial charge in [0, 0.05) is 4.88 Å². The summed E-state index contributed by atoms with van der Waals surface area (Å²) in [7, 11) is 0. The molecule has 1 rings (SSSR count). The van der Waals surface area contributed by atoms with Crippen molar-refractivity contribution in [2.45, 2.75) is 25.4 Å². The van der Waals surface area contributed by atoms with Gasteiger partial charge < -0.3 is 0 Å². The zero-order valence-electron chi connectivity index (χ0n) is 7.02. The first-order chi connectivity index (χ1) is 5.58. The Hall–Kier alpha value is 0.497. The molecule has 0 saturated heterocycles. The van der Waals surface area contributed by atoms with Crippen molar-refractivity contribution in [3.63, 3.8) is 0 Å². The molecule has 0 fully saturated rings. The quantitative estimate of drug-likeness (QED) is 0.545. The lowest BCUT2D eigenvalue weighted by Gasteiger charge is -2.08. The second-order valence-corrected chi connectivity index (χ2v) is 12.3. The van der Waals surface area contributed by atoms with Crippen LogP contribution >= 0.6 is 33.5 Å². The highest BCUT2D eigenvalue weighted by molar-refractivity contribution is 7.44. The van der Waals surface area contributed by atoms with Crippen LogP contribution in [0, 0.1) is 0 Å². The first kappa shape index (κ1) is 10.6. The van der Waals surface area contributed by atoms with Crippen LogP contribution in [0.25, 0.3) is 0 Å². The second-order valence-electron chi connectivity index (χ2n) is 3.00. The summed E-state index contributed by atoms with van der Waals surface area (Å²) in [5.74, 6) is 0. The Morgan fingerprint density at radius 2 is 2.25 bits per heavy atom. The Morgan fingerprint density at radius 1 is 1.50 bits per heavy atom. The fourth-order valence-corrected chi connectivity index (χ4v) is 3.38. The summed E-state index contributed by atoms with van der Waals surface area (Å²) in [5, 5.41) is 2.10. The molecular formula is C8H12Cl2SSi. The van der Waals surface area contributed by atoms with Crippen LogP contribution in [0.1, 0.15) is 11.3 Å². The lowest BCUT2D eigenvalue weighted by Crippen LogP contribution is -2.11. The summed E-state index contributed by atoms with van der Waals surface area (Å²) in [6, 6.07) is 5.23. The van der Waals surface area contributed by atoms with Crippen LogP contribution in [-0.2, 0) is 6.42 Å². The SMILES string of the molecule is C[Si](Cl)(Cl)CCCc1cccs1. The first-order valence-electron chi connectivity index (χ1n) is 3.98. The molecule has 12 heavy (non-hydrogen) atoms. The van der Waals surface area contributed by atoms with Gasteiger partial charge in [-0.05, 0) is 36.9 Å². The number of aryl methyl sites for hydroxylation is 1. The maximum atomic E-state index is 5.98. The molecule has 0 atom stereocenters. The molecular weight excluding hydrogens is 227 g/mol. The van der Waals surface area contributed by atoms with E-state index in [0.29, 0.717) is 0 Å². The first-order valence-corrected chi connectivity index (χ1v) is 9.59. The second kappa shape index (κ2) is 4.65. The van der Waals surface area contributed by atoms with E-state index in [2.05, 4.69) is 17.5 Å². The van der Waals surface area contributed by atoms with Crippen LogP contribution in [0.4, 0.5) is 0 Å². The highest BCUT2D eigenvalue weighted by Gasteiger charge is 2.19. The van der Waals surface area contributed by atoms with Crippen molar-refractivity contribution >= 4 is 40.2 Å². The minimum Gasteiger partial charge on any atom is -0.149 e. The van der Waals surface area contributed by atoms with E-state index in [1.54, 1.807) is 11.3 Å². The van der Waals surface area contributed by atoms with Gasteiger partial charge in [0.15, 0.2) is 0 Å². The van der Waals surface area contributed by atoms with Gasteiger partial charge in [-0.1, -0.05) is 6.07 Å². The lowest BCUT2D eigenvalue weighted by molar-refractivity contribution is 0.928. The number of hydrogen-bond donors (Lipinski definition) is 0. The van der Waals surface area contributed by atoms with Crippen LogP contribution in [0.2, 0.25) is 12.6 Å². The van der Waals surface area contributed by atoms with E-state index in [0.717, 1.165) is 18.9 Å². The molecule has 0 aliphatic rings. The van der Waals surface area contributed by atoms with Gasteiger partial charge in [0.2, 0.25) is 6.69 Å². The third-order valence-corrected chi connectivity index (χ3v) is 4.92. The Labute approximate surface area is 87.9 Å². The molecule has 68 valence electrons. The number of halogens is 2. The van der Waals surface area contributed by atoms with E-state index < -0.39 is 6.69 Å². The molecule has 0 aromatic carbocycles. The van der Waals surface area contributed by atoms with Gasteiger partial charge >= 0.3 is 0 Å². The van der Waals surface area contributed by atoms with Crippen molar-refractivity contribution < 1.29 is 0 Å². The molecule has 0 bridgehead atoms. The summed E-state index contributed by atoms with van der Waals surface area (Å²) in [5.41, 5.74) is 0. The minimum absolute atomic E-state index is 0.994. The molecule has 1 heterocycles. The van der Waals surface area contributed by atoms with Gasteiger partial charge in [0.05, 0.1) is 0 Å². The maximum absolute atomic E-state index is 5.98. The average Bonchev–Trinajstić information content (AvgIpc) is 2.36. The van der Waals surface area contributed by atoms with Gasteiger partial charge in [-0.3, -0.25) is 0 Å². The van der Waals surface area contributed by atoms with Crippen molar-refractivity contribution in [3.05, 3.63) is 22.4 Å². The highest BCUT2D eigenvalue weighted by atomic mass is 35.7. The average molecular weight is 239 g/mol. The van der Waals surface area contributed by atoms with Crippen LogP contribution in [-0.4, -0.2) is 6.69 Å². The van der Waals surface area contributed by atoms with Crippen LogP contribution in [0.3, 0.4) is 0 Å². The van der Waals surface area contributed by atoms with E-state index in [1.807, 2.05) is 6.55 Å². The topological polar surface area (TPSA) is 0 Å². The molecule has 0 spiro atoms. The summed E-state index contributed by atoms with van der Waals surface area (Å²) in [4.78, 5) is 1.43. The molecule has 0 amide bonds. The van der Waals surface area contributed by atoms with E-state index in [-0.39, 0.29) is 0 Å². The third-order valence-electron chi connectivity index (χ3n) is 1.62. The van der Waals surface area contributed by atoms with Gasteiger partial charge in [-0.2, -0.15) is 0 Å². The molecule has 0 unspecified atom stereocenters. The van der Waals surface area contributed by atoms with Gasteiger partial charge in [-0.25, -0.2) is 0 Å². The van der Waals surface area contributed by atoms with E-state index >= 15 is 0 Å². The predicted molar refractivity (Wildman–Crippen MR) is 60.8 cm³/mol. The van der Waals surface area contributed by atoms with Crippen molar-refractivity contribution in [1.29, 1.82) is 0 Å². The van der Waals surface area contributed by atoms with Crippen molar-refractivity contribution in [2.75, 3.05) is 0 Å². The normalized spacial score (nSPS) is 11.9. The highest BCUT2D eigenvalue weighted by Crippen LogP contribution is 2.23. The molecule has 0 aliphatic carbocycles. The largest absolute Gasteiger partial charge is 0.248 e. The minimum atomic E-state index is -1.84. The maximum Gasteiger partial charge on any atom is 0.248 e. The van der Waals surface area contributed by atoms with Crippen molar-refractivity contribution in [2.24, 2.45) is 0 Å². The van der Waals surface area contributed by atoms with E-state index in [4.69, 9.17) is 22.2 Å². The van der Waals surface area contributed by atoms with E-state index in [9.17, 15) is 0 Å². The molecule has 4 heteroatoms. The van der Waals surface area contributed by atoms with Crippen molar-refractivity contribution in [3.8, 4) is 0 Å². The summed E-state index contributed by atoms with van der Waals surface area (Å²) in [6.45, 7) is 0.135. The molecule has 1 aromatic heterocycles.